The molecule has 10 aromatic rings. The molecule has 2 aromatic heterocycles. The van der Waals surface area contributed by atoms with E-state index in [1.807, 2.05) is 0 Å². The van der Waals surface area contributed by atoms with Gasteiger partial charge in [0, 0.05) is 88.3 Å². The molecule has 0 fully saturated rings. The van der Waals surface area contributed by atoms with E-state index in [0.717, 1.165) is 116 Å². The first-order chi connectivity index (χ1) is 55.8. The average molecular weight is 1830 g/mol. The first-order valence-electron chi connectivity index (χ1n) is 45.5. The molecule has 0 amide bonds. The fourth-order valence-corrected chi connectivity index (χ4v) is 18.9. The number of benzene rings is 8. The van der Waals surface area contributed by atoms with Crippen LogP contribution in [0.25, 0.3) is 66.1 Å². The van der Waals surface area contributed by atoms with E-state index < -0.39 is 23.3 Å². The van der Waals surface area contributed by atoms with Crippen molar-refractivity contribution < 1.29 is 35.5 Å². The molecule has 8 nitrogen and oxygen atoms in total. The summed E-state index contributed by atoms with van der Waals surface area (Å²) in [4.78, 5) is 0. The van der Waals surface area contributed by atoms with E-state index in [1.54, 1.807) is 0 Å². The number of rotatable bonds is 8. The van der Waals surface area contributed by atoms with Gasteiger partial charge < -0.3 is 42.9 Å². The standard InChI is InChI=1S/C56H80Cl2O4P2.C56H81O4P.CH4.CH3/c1-49(2,3)33-25-37(45(59-63(57)58)41(29-33)53(13,14)15)38-26-34(50(4,5)6)30-42(54(16,17)18)46(38)60-64-61-47-39(27-35(51(7,8)9)31-43(47)55(19,20)21)40-28-36(52(10,11)12)32-44(48(40)62-64)56(22,23)24;1-49(2,3)33-25-37(45(57)41(29-33)53(13,14)15)38-26-34(50(4,5)6)30-42(54(16,17)18)46(38)58-61-59-47-39(27-35(51(7,8)9)31-43(47)55(19,20)21)40-28-36(52(10,11)12)32-44(48(40)60-61)56(22,23)24;;/h25-32H,1-24H3;25-32,57H,1-24H3;1H4;1H3/q;;;-1. The highest BCUT2D eigenvalue weighted by Gasteiger charge is 2.40. The van der Waals surface area contributed by atoms with Crippen LogP contribution in [0.3, 0.4) is 0 Å². The summed E-state index contributed by atoms with van der Waals surface area (Å²) in [6, 6.07) is 36.7. The molecule has 13 heteroatoms. The number of phenolic OH excluding ortho intramolecular Hbond substituents is 1. The Balaban J connectivity index is 0.000000343. The van der Waals surface area contributed by atoms with Gasteiger partial charge in [-0.15, -0.1) is 0 Å². The minimum absolute atomic E-state index is 0. The van der Waals surface area contributed by atoms with Crippen LogP contribution >= 0.6 is 45.8 Å². The van der Waals surface area contributed by atoms with Crippen molar-refractivity contribution in [1.82, 2.24) is 0 Å². The maximum atomic E-state index is 12.5. The Labute approximate surface area is 784 Å². The molecule has 0 radical (unpaired) electrons. The zero-order valence-electron chi connectivity index (χ0n) is 87.6. The SMILES string of the molecule is C.CC(C)(C)c1cc(-c2cc(C(C)(C)C)cc(C(C)(C)C)c2Op2oc3c(C(C)(C)C)cc(C(C)(C)C)cc3c3cc(C(C)(C)C)cc(C(C)(C)C)c3o2)c(O)c(C(C)(C)C)c1.CC(C)(C)c1cc(-c2cc(C(C)(C)C)cc(C(C)(C)C)c2Op2oc3c(C(C)(C)C)cc(C(C)(C)C)cc3c3cc(C(C)(C)C)cc(C(C)(C)C)c3o2)c(OP(Cl)Cl)c(C(C)(C)C)c1.[CH3-]. The molecule has 702 valence electrons. The van der Waals surface area contributed by atoms with Gasteiger partial charge in [-0.05, 0) is 202 Å². The predicted molar refractivity (Wildman–Crippen MR) is 562 cm³/mol. The molecule has 127 heavy (non-hydrogen) atoms. The summed E-state index contributed by atoms with van der Waals surface area (Å²) in [6.45, 7) is 106. The predicted octanol–water partition coefficient (Wildman–Crippen LogP) is 39.2. The van der Waals surface area contributed by atoms with Crippen LogP contribution in [0.4, 0.5) is 0 Å². The molecular weight excluding hydrogens is 1660 g/mol. The number of fused-ring (bicyclic) bond motifs is 6. The van der Waals surface area contributed by atoms with Gasteiger partial charge in [-0.1, -0.05) is 388 Å². The van der Waals surface area contributed by atoms with Crippen molar-refractivity contribution in [2.75, 3.05) is 0 Å². The molecule has 1 N–H and O–H groups in total. The van der Waals surface area contributed by atoms with E-state index in [2.05, 4.69) is 429 Å². The topological polar surface area (TPSA) is 100 Å². The van der Waals surface area contributed by atoms with Gasteiger partial charge in [0.2, 0.25) is 0 Å². The summed E-state index contributed by atoms with van der Waals surface area (Å²) in [5, 5.41) is 16.6. The maximum absolute atomic E-state index is 12.5. The normalized spacial score (nSPS) is 13.7. The third-order valence-corrected chi connectivity index (χ3v) is 27.2. The van der Waals surface area contributed by atoms with E-state index in [0.29, 0.717) is 17.2 Å². The summed E-state index contributed by atoms with van der Waals surface area (Å²) >= 11 is 13.3. The molecular formula is C114H168Cl2O8P3-. The van der Waals surface area contributed by atoms with Crippen molar-refractivity contribution in [3.8, 4) is 45.3 Å². The van der Waals surface area contributed by atoms with Crippen LogP contribution in [-0.4, -0.2) is 5.11 Å². The van der Waals surface area contributed by atoms with E-state index >= 15 is 0 Å². The molecule has 0 spiro atoms. The van der Waals surface area contributed by atoms with Crippen molar-refractivity contribution in [2.24, 2.45) is 0 Å². The molecule has 0 aliphatic heterocycles. The minimum Gasteiger partial charge on any atom is -0.507 e. The fourth-order valence-electron chi connectivity index (χ4n) is 15.9. The Hall–Kier alpha value is -6.23. The Morgan fingerprint density at radius 3 is 0.591 bits per heavy atom. The molecule has 0 unspecified atom stereocenters. The molecule has 0 bridgehead atoms. The molecule has 0 saturated carbocycles. The molecule has 0 saturated heterocycles. The highest BCUT2D eigenvalue weighted by Crippen LogP contribution is 2.60. The van der Waals surface area contributed by atoms with Gasteiger partial charge in [0.05, 0.1) is 0 Å². The second kappa shape index (κ2) is 35.6. The molecule has 0 aliphatic rings. The average Bonchev–Trinajstić information content (AvgIpc) is 1.71. The Morgan fingerprint density at radius 2 is 0.394 bits per heavy atom. The minimum atomic E-state index is -2.13. The number of halogens is 2. The zero-order chi connectivity index (χ0) is 95.5. The van der Waals surface area contributed by atoms with Crippen LogP contribution in [0.1, 0.15) is 429 Å². The lowest BCUT2D eigenvalue weighted by molar-refractivity contribution is 0.445. The van der Waals surface area contributed by atoms with Crippen molar-refractivity contribution in [1.29, 1.82) is 0 Å². The van der Waals surface area contributed by atoms with Crippen LogP contribution < -0.4 is 13.6 Å². The van der Waals surface area contributed by atoms with Crippen molar-refractivity contribution in [3.05, 3.63) is 194 Å². The summed E-state index contributed by atoms with van der Waals surface area (Å²) in [6.07, 6.45) is 0. The second-order valence-electron chi connectivity index (χ2n) is 52.5. The first-order valence-corrected chi connectivity index (χ1v) is 50.8. The lowest BCUT2D eigenvalue weighted by atomic mass is 9.75. The number of phenols is 1. The Kier molecular flexibility index (Phi) is 30.2. The van der Waals surface area contributed by atoms with E-state index in [4.69, 9.17) is 52.8 Å². The van der Waals surface area contributed by atoms with Crippen LogP contribution in [0, 0.1) is 7.43 Å². The molecule has 0 atom stereocenters. The van der Waals surface area contributed by atoms with Crippen LogP contribution in [0.5, 0.6) is 23.0 Å². The van der Waals surface area contributed by atoms with E-state index in [9.17, 15) is 5.11 Å². The van der Waals surface area contributed by atoms with Gasteiger partial charge in [-0.2, -0.15) is 0 Å². The number of aromatic hydroxyl groups is 1. The van der Waals surface area contributed by atoms with Gasteiger partial charge in [-0.25, -0.2) is 0 Å². The highest BCUT2D eigenvalue weighted by atomic mass is 35.9. The second-order valence-corrected chi connectivity index (χ2v) is 57.4. The number of hydrogen-bond donors (Lipinski definition) is 1. The number of hydrogen-bond acceptors (Lipinski definition) is 8. The first kappa shape index (κ1) is 108. The lowest BCUT2D eigenvalue weighted by Gasteiger charge is -2.32. The fraction of sp³-hybridized carbons (Fsp3) is 0.570. The van der Waals surface area contributed by atoms with Crippen LogP contribution in [0.2, 0.25) is 0 Å². The van der Waals surface area contributed by atoms with Crippen molar-refractivity contribution >= 4 is 89.7 Å². The van der Waals surface area contributed by atoms with Crippen molar-refractivity contribution in [3.63, 3.8) is 0 Å². The van der Waals surface area contributed by atoms with Gasteiger partial charge >= 0.3 is 16.5 Å². The largest absolute Gasteiger partial charge is 0.507 e. The van der Waals surface area contributed by atoms with Crippen LogP contribution in [-0.2, 0) is 86.6 Å². The van der Waals surface area contributed by atoms with Crippen LogP contribution in [0.15, 0.2) is 114 Å². The quantitative estimate of drug-likeness (QED) is 0.119. The summed E-state index contributed by atoms with van der Waals surface area (Å²) in [5.74, 6) is 2.29. The molecule has 8 aromatic carbocycles. The van der Waals surface area contributed by atoms with E-state index in [1.165, 1.54) is 38.9 Å². The van der Waals surface area contributed by atoms with Crippen molar-refractivity contribution in [2.45, 2.75) is 426 Å². The maximum Gasteiger partial charge on any atom is 0.453 e. The van der Waals surface area contributed by atoms with E-state index in [-0.39, 0.29) is 107 Å². The van der Waals surface area contributed by atoms with Gasteiger partial charge in [0.15, 0.2) is 0 Å². The Bertz CT molecular complexity index is 5630. The zero-order valence-corrected chi connectivity index (χ0v) is 91.8. The summed E-state index contributed by atoms with van der Waals surface area (Å²) in [7, 11) is -4.24. The molecule has 0 aliphatic carbocycles. The Morgan fingerprint density at radius 1 is 0.228 bits per heavy atom. The lowest BCUT2D eigenvalue weighted by Crippen LogP contribution is -2.19. The monoisotopic (exact) mass is 1830 g/mol. The van der Waals surface area contributed by atoms with Gasteiger partial charge in [-0.3, -0.25) is 0 Å². The van der Waals surface area contributed by atoms with Gasteiger partial charge in [0.1, 0.15) is 45.3 Å². The smallest absolute Gasteiger partial charge is 0.453 e. The summed E-state index contributed by atoms with van der Waals surface area (Å²) in [5.41, 5.74) is 21.0. The highest BCUT2D eigenvalue weighted by molar-refractivity contribution is 8.00. The molecule has 2 heterocycles. The van der Waals surface area contributed by atoms with Gasteiger partial charge in [0.25, 0.3) is 6.85 Å². The molecule has 10 rings (SSSR count). The third kappa shape index (κ3) is 24.2. The third-order valence-electron chi connectivity index (χ3n) is 24.4. The summed E-state index contributed by atoms with van der Waals surface area (Å²) < 4.78 is 51.3.